The van der Waals surface area contributed by atoms with Crippen LogP contribution in [0, 0.1) is 0 Å². The molecule has 0 atom stereocenters. The molecular weight excluding hydrogens is 260 g/mol. The highest BCUT2D eigenvalue weighted by Gasteiger charge is 2.04. The fourth-order valence-electron chi connectivity index (χ4n) is 1.18. The van der Waals surface area contributed by atoms with Crippen molar-refractivity contribution < 1.29 is 5.11 Å². The number of aliphatic hydroxyl groups excluding tert-OH is 1. The van der Waals surface area contributed by atoms with Crippen LogP contribution in [-0.2, 0) is 6.42 Å². The van der Waals surface area contributed by atoms with Gasteiger partial charge < -0.3 is 5.11 Å². The van der Waals surface area contributed by atoms with Crippen molar-refractivity contribution >= 4 is 27.7 Å². The van der Waals surface area contributed by atoms with E-state index in [9.17, 15) is 0 Å². The Balaban J connectivity index is 2.79. The predicted molar refractivity (Wildman–Crippen MR) is 65.9 cm³/mol. The molecule has 0 aliphatic heterocycles. The minimum absolute atomic E-state index is 0.211. The standard InChI is InChI=1S/C11H15BrOS/c1-8(2)14-11-4-3-9(5-6-13)7-10(11)12/h3-4,7-8,13H,5-6H2,1-2H3. The van der Waals surface area contributed by atoms with E-state index in [0.717, 1.165) is 10.9 Å². The number of hydrogen-bond donors (Lipinski definition) is 1. The van der Waals surface area contributed by atoms with Crippen molar-refractivity contribution in [3.63, 3.8) is 0 Å². The zero-order valence-corrected chi connectivity index (χ0v) is 10.9. The van der Waals surface area contributed by atoms with Gasteiger partial charge in [-0.15, -0.1) is 11.8 Å². The summed E-state index contributed by atoms with van der Waals surface area (Å²) in [6.07, 6.45) is 0.727. The van der Waals surface area contributed by atoms with Crippen molar-refractivity contribution in [2.75, 3.05) is 6.61 Å². The summed E-state index contributed by atoms with van der Waals surface area (Å²) in [6, 6.07) is 6.27. The smallest absolute Gasteiger partial charge is 0.0471 e. The Morgan fingerprint density at radius 3 is 2.64 bits per heavy atom. The second-order valence-corrected chi connectivity index (χ2v) is 5.88. The normalized spacial score (nSPS) is 10.9. The molecule has 0 saturated carbocycles. The van der Waals surface area contributed by atoms with Crippen LogP contribution in [0.4, 0.5) is 0 Å². The van der Waals surface area contributed by atoms with Gasteiger partial charge in [0.25, 0.3) is 0 Å². The third kappa shape index (κ3) is 3.64. The first-order chi connectivity index (χ1) is 6.63. The minimum Gasteiger partial charge on any atom is -0.396 e. The number of rotatable bonds is 4. The highest BCUT2D eigenvalue weighted by Crippen LogP contribution is 2.31. The van der Waals surface area contributed by atoms with E-state index in [2.05, 4.69) is 48.0 Å². The lowest BCUT2D eigenvalue weighted by molar-refractivity contribution is 0.299. The van der Waals surface area contributed by atoms with E-state index in [1.807, 2.05) is 11.8 Å². The van der Waals surface area contributed by atoms with Crippen LogP contribution in [0.2, 0.25) is 0 Å². The average Bonchev–Trinajstić information content (AvgIpc) is 2.10. The second kappa shape index (κ2) is 5.79. The number of halogens is 1. The predicted octanol–water partition coefficient (Wildman–Crippen LogP) is 3.48. The Morgan fingerprint density at radius 2 is 2.14 bits per heavy atom. The van der Waals surface area contributed by atoms with Crippen LogP contribution in [0.5, 0.6) is 0 Å². The van der Waals surface area contributed by atoms with E-state index in [0.29, 0.717) is 5.25 Å². The van der Waals surface area contributed by atoms with E-state index in [1.165, 1.54) is 10.5 Å². The average molecular weight is 275 g/mol. The molecule has 3 heteroatoms. The van der Waals surface area contributed by atoms with Crippen molar-refractivity contribution in [1.29, 1.82) is 0 Å². The molecule has 1 rings (SSSR count). The van der Waals surface area contributed by atoms with Crippen molar-refractivity contribution in [1.82, 2.24) is 0 Å². The van der Waals surface area contributed by atoms with E-state index in [1.54, 1.807) is 0 Å². The van der Waals surface area contributed by atoms with Gasteiger partial charge in [0.2, 0.25) is 0 Å². The van der Waals surface area contributed by atoms with Gasteiger partial charge in [-0.2, -0.15) is 0 Å². The van der Waals surface area contributed by atoms with E-state index >= 15 is 0 Å². The minimum atomic E-state index is 0.211. The lowest BCUT2D eigenvalue weighted by atomic mass is 10.2. The van der Waals surface area contributed by atoms with Gasteiger partial charge >= 0.3 is 0 Å². The maximum Gasteiger partial charge on any atom is 0.0471 e. The fourth-order valence-corrected chi connectivity index (χ4v) is 2.71. The summed E-state index contributed by atoms with van der Waals surface area (Å²) < 4.78 is 1.13. The zero-order chi connectivity index (χ0) is 10.6. The van der Waals surface area contributed by atoms with Crippen LogP contribution in [0.15, 0.2) is 27.6 Å². The van der Waals surface area contributed by atoms with Crippen molar-refractivity contribution in [3.8, 4) is 0 Å². The molecule has 0 radical (unpaired) electrons. The number of thioether (sulfide) groups is 1. The van der Waals surface area contributed by atoms with E-state index < -0.39 is 0 Å². The Bertz CT molecular complexity index is 299. The molecule has 0 unspecified atom stereocenters. The van der Waals surface area contributed by atoms with Crippen LogP contribution in [0.3, 0.4) is 0 Å². The molecule has 0 bridgehead atoms. The molecule has 0 fully saturated rings. The van der Waals surface area contributed by atoms with E-state index in [4.69, 9.17) is 5.11 Å². The highest BCUT2D eigenvalue weighted by atomic mass is 79.9. The lowest BCUT2D eigenvalue weighted by Crippen LogP contribution is -1.92. The van der Waals surface area contributed by atoms with Crippen LogP contribution < -0.4 is 0 Å². The van der Waals surface area contributed by atoms with Crippen LogP contribution in [0.1, 0.15) is 19.4 Å². The van der Waals surface area contributed by atoms with Crippen molar-refractivity contribution in [2.24, 2.45) is 0 Å². The molecule has 0 amide bonds. The van der Waals surface area contributed by atoms with Gasteiger partial charge in [-0.1, -0.05) is 19.9 Å². The zero-order valence-electron chi connectivity index (χ0n) is 8.46. The fraction of sp³-hybridized carbons (Fsp3) is 0.455. The van der Waals surface area contributed by atoms with Crippen LogP contribution in [-0.4, -0.2) is 17.0 Å². The van der Waals surface area contributed by atoms with Gasteiger partial charge in [0, 0.05) is 21.2 Å². The van der Waals surface area contributed by atoms with Crippen LogP contribution in [0.25, 0.3) is 0 Å². The number of hydrogen-bond acceptors (Lipinski definition) is 2. The number of benzene rings is 1. The van der Waals surface area contributed by atoms with Crippen LogP contribution >= 0.6 is 27.7 Å². The molecule has 1 aromatic rings. The third-order valence-corrected chi connectivity index (χ3v) is 3.76. The molecular formula is C11H15BrOS. The number of aliphatic hydroxyl groups is 1. The molecule has 0 heterocycles. The van der Waals surface area contributed by atoms with Gasteiger partial charge in [-0.25, -0.2) is 0 Å². The molecule has 1 N–H and O–H groups in total. The maximum atomic E-state index is 8.80. The summed E-state index contributed by atoms with van der Waals surface area (Å²) in [6.45, 7) is 4.57. The monoisotopic (exact) mass is 274 g/mol. The van der Waals surface area contributed by atoms with Gasteiger partial charge in [0.1, 0.15) is 0 Å². The Morgan fingerprint density at radius 1 is 1.43 bits per heavy atom. The van der Waals surface area contributed by atoms with Gasteiger partial charge in [0.05, 0.1) is 0 Å². The summed E-state index contributed by atoms with van der Waals surface area (Å²) in [5.74, 6) is 0. The summed E-state index contributed by atoms with van der Waals surface area (Å²) in [7, 11) is 0. The summed E-state index contributed by atoms with van der Waals surface area (Å²) in [4.78, 5) is 1.27. The summed E-state index contributed by atoms with van der Waals surface area (Å²) in [5.41, 5.74) is 1.17. The molecule has 0 aliphatic carbocycles. The first-order valence-electron chi connectivity index (χ1n) is 4.69. The lowest BCUT2D eigenvalue weighted by Gasteiger charge is -2.08. The maximum absolute atomic E-state index is 8.80. The van der Waals surface area contributed by atoms with Crippen molar-refractivity contribution in [2.45, 2.75) is 30.4 Å². The Hall–Kier alpha value is 0.01000. The largest absolute Gasteiger partial charge is 0.396 e. The van der Waals surface area contributed by atoms with E-state index in [-0.39, 0.29) is 6.61 Å². The highest BCUT2D eigenvalue weighted by molar-refractivity contribution is 9.10. The quantitative estimate of drug-likeness (QED) is 0.849. The Labute approximate surface area is 98.0 Å². The second-order valence-electron chi connectivity index (χ2n) is 3.40. The summed E-state index contributed by atoms with van der Waals surface area (Å²) in [5, 5.41) is 9.40. The molecule has 0 aromatic heterocycles. The van der Waals surface area contributed by atoms with Gasteiger partial charge in [-0.3, -0.25) is 0 Å². The molecule has 1 nitrogen and oxygen atoms in total. The molecule has 0 spiro atoms. The molecule has 1 aromatic carbocycles. The Kier molecular flexibility index (Phi) is 4.99. The van der Waals surface area contributed by atoms with Crippen molar-refractivity contribution in [3.05, 3.63) is 28.2 Å². The molecule has 0 aliphatic rings. The first kappa shape index (κ1) is 12.1. The van der Waals surface area contributed by atoms with Gasteiger partial charge in [-0.05, 0) is 40.0 Å². The first-order valence-corrected chi connectivity index (χ1v) is 6.36. The van der Waals surface area contributed by atoms with Gasteiger partial charge in [0.15, 0.2) is 0 Å². The molecule has 78 valence electrons. The third-order valence-electron chi connectivity index (χ3n) is 1.76. The molecule has 14 heavy (non-hydrogen) atoms. The SMILES string of the molecule is CC(C)Sc1ccc(CCO)cc1Br. The molecule has 0 saturated heterocycles. The topological polar surface area (TPSA) is 20.2 Å². The summed E-state index contributed by atoms with van der Waals surface area (Å²) >= 11 is 5.39.